The molecule has 0 spiro atoms. The third-order valence-electron chi connectivity index (χ3n) is 9.25. The lowest BCUT2D eigenvalue weighted by molar-refractivity contribution is -0.131. The fourth-order valence-corrected chi connectivity index (χ4v) is 6.82. The number of nitrogens with zero attached hydrogens (tertiary/aromatic N) is 2. The Morgan fingerprint density at radius 3 is 2.06 bits per heavy atom. The second-order valence-electron chi connectivity index (χ2n) is 12.1. The van der Waals surface area contributed by atoms with Gasteiger partial charge in [0.05, 0.1) is 60.9 Å². The van der Waals surface area contributed by atoms with Crippen LogP contribution in [-0.2, 0) is 22.6 Å². The number of rotatable bonds is 12. The maximum atomic E-state index is 13.7. The van der Waals surface area contributed by atoms with Crippen LogP contribution in [0.1, 0.15) is 36.1 Å². The van der Waals surface area contributed by atoms with E-state index in [0.29, 0.717) is 91.2 Å². The minimum absolute atomic E-state index is 0.0481. The summed E-state index contributed by atoms with van der Waals surface area (Å²) in [5.41, 5.74) is 3.99. The highest BCUT2D eigenvalue weighted by molar-refractivity contribution is 5.84. The number of anilines is 1. The molecule has 1 aliphatic heterocycles. The summed E-state index contributed by atoms with van der Waals surface area (Å²) in [4.78, 5) is 43.3. The van der Waals surface area contributed by atoms with E-state index in [4.69, 9.17) is 28.4 Å². The van der Waals surface area contributed by atoms with Crippen LogP contribution in [0, 0.1) is 0 Å². The van der Waals surface area contributed by atoms with Gasteiger partial charge in [-0.15, -0.1) is 0 Å². The van der Waals surface area contributed by atoms with E-state index in [-0.39, 0.29) is 29.5 Å². The van der Waals surface area contributed by atoms with E-state index in [1.165, 1.54) is 13.0 Å². The van der Waals surface area contributed by atoms with Gasteiger partial charge >= 0.3 is 0 Å². The maximum Gasteiger partial charge on any atom is 0.241 e. The zero-order valence-electron chi connectivity index (χ0n) is 29.8. The van der Waals surface area contributed by atoms with Crippen LogP contribution in [0.15, 0.2) is 41.2 Å². The molecule has 0 radical (unpaired) electrons. The summed E-state index contributed by atoms with van der Waals surface area (Å²) in [5.74, 6) is 2.87. The van der Waals surface area contributed by atoms with Gasteiger partial charge in [-0.1, -0.05) is 12.1 Å². The number of hydrogen-bond donors (Lipinski definition) is 2. The molecule has 1 heterocycles. The van der Waals surface area contributed by atoms with Crippen LogP contribution in [0.3, 0.4) is 0 Å². The van der Waals surface area contributed by atoms with E-state index in [1.54, 1.807) is 53.6 Å². The van der Waals surface area contributed by atoms with Gasteiger partial charge in [0.25, 0.3) is 0 Å². The van der Waals surface area contributed by atoms with Crippen LogP contribution in [0.5, 0.6) is 34.5 Å². The molecule has 3 aromatic rings. The average molecular weight is 691 g/mol. The SMILES string of the molecule is COc1ccc(CN2CCN(C(=O)CNc3ccc4c(cc3=O)C(NC(C)=O)CCc3cc(OC)c(OC)c(OC)c3-4)CC2)c(OC)c1OC. The predicted octanol–water partition coefficient (Wildman–Crippen LogP) is 3.65. The molecule has 1 aliphatic carbocycles. The number of methoxy groups -OCH3 is 6. The molecule has 1 unspecified atom stereocenters. The Labute approximate surface area is 292 Å². The van der Waals surface area contributed by atoms with Gasteiger partial charge in [-0.05, 0) is 53.8 Å². The Kier molecular flexibility index (Phi) is 11.6. The van der Waals surface area contributed by atoms with Crippen molar-refractivity contribution in [3.63, 3.8) is 0 Å². The number of hydrogen-bond acceptors (Lipinski definition) is 11. The average Bonchev–Trinajstić information content (AvgIpc) is 3.37. The normalized spacial score (nSPS) is 15.5. The minimum atomic E-state index is -0.429. The molecule has 3 aromatic carbocycles. The van der Waals surface area contributed by atoms with Gasteiger partial charge in [0.2, 0.25) is 28.7 Å². The topological polar surface area (TPSA) is 137 Å². The molecule has 5 rings (SSSR count). The summed E-state index contributed by atoms with van der Waals surface area (Å²) in [5, 5.41) is 6.10. The molecule has 2 amide bonds. The third-order valence-corrected chi connectivity index (χ3v) is 9.25. The van der Waals surface area contributed by atoms with E-state index in [2.05, 4.69) is 15.5 Å². The molecular weight excluding hydrogens is 644 g/mol. The number of ether oxygens (including phenoxy) is 6. The van der Waals surface area contributed by atoms with Crippen molar-refractivity contribution in [2.75, 3.05) is 80.7 Å². The summed E-state index contributed by atoms with van der Waals surface area (Å²) < 4.78 is 33.7. The van der Waals surface area contributed by atoms with Crippen molar-refractivity contribution in [1.29, 1.82) is 0 Å². The van der Waals surface area contributed by atoms with Crippen molar-refractivity contribution in [3.8, 4) is 45.6 Å². The molecule has 50 heavy (non-hydrogen) atoms. The van der Waals surface area contributed by atoms with Crippen LogP contribution in [0.25, 0.3) is 11.1 Å². The fraction of sp³-hybridized carbons (Fsp3) is 0.432. The zero-order chi connectivity index (χ0) is 35.9. The predicted molar refractivity (Wildman–Crippen MR) is 189 cm³/mol. The molecule has 2 aliphatic rings. The lowest BCUT2D eigenvalue weighted by atomic mass is 9.95. The first-order chi connectivity index (χ1) is 24.2. The monoisotopic (exact) mass is 690 g/mol. The van der Waals surface area contributed by atoms with Gasteiger partial charge in [-0.25, -0.2) is 0 Å². The van der Waals surface area contributed by atoms with E-state index < -0.39 is 6.04 Å². The number of aryl methyl sites for hydroxylation is 1. The van der Waals surface area contributed by atoms with Gasteiger partial charge in [0, 0.05) is 50.8 Å². The number of carbonyl (C=O) groups is 2. The van der Waals surface area contributed by atoms with Gasteiger partial charge in [-0.3, -0.25) is 19.3 Å². The van der Waals surface area contributed by atoms with Crippen molar-refractivity contribution in [2.24, 2.45) is 0 Å². The number of piperazine rings is 1. The lowest BCUT2D eigenvalue weighted by Crippen LogP contribution is -2.49. The summed E-state index contributed by atoms with van der Waals surface area (Å²) in [6.07, 6.45) is 1.14. The maximum absolute atomic E-state index is 13.7. The zero-order valence-corrected chi connectivity index (χ0v) is 29.8. The van der Waals surface area contributed by atoms with Crippen LogP contribution < -0.4 is 44.5 Å². The number of carbonyl (C=O) groups excluding carboxylic acids is 2. The number of amides is 2. The van der Waals surface area contributed by atoms with Crippen LogP contribution in [-0.4, -0.2) is 97.0 Å². The van der Waals surface area contributed by atoms with Crippen LogP contribution in [0.4, 0.5) is 5.69 Å². The first-order valence-electron chi connectivity index (χ1n) is 16.5. The smallest absolute Gasteiger partial charge is 0.241 e. The summed E-state index contributed by atoms with van der Waals surface area (Å²) in [6.45, 7) is 4.45. The highest BCUT2D eigenvalue weighted by Crippen LogP contribution is 2.50. The van der Waals surface area contributed by atoms with E-state index in [1.807, 2.05) is 24.3 Å². The molecule has 1 saturated heterocycles. The fourth-order valence-electron chi connectivity index (χ4n) is 6.82. The largest absolute Gasteiger partial charge is 0.493 e. The Morgan fingerprint density at radius 1 is 0.780 bits per heavy atom. The third kappa shape index (κ3) is 7.37. The highest BCUT2D eigenvalue weighted by Gasteiger charge is 2.30. The van der Waals surface area contributed by atoms with Crippen LogP contribution in [0.2, 0.25) is 0 Å². The molecule has 2 N–H and O–H groups in total. The molecule has 0 saturated carbocycles. The summed E-state index contributed by atoms with van der Waals surface area (Å²) in [7, 11) is 9.43. The number of nitrogens with one attached hydrogen (secondary N) is 2. The van der Waals surface area contributed by atoms with Crippen molar-refractivity contribution in [2.45, 2.75) is 32.4 Å². The summed E-state index contributed by atoms with van der Waals surface area (Å²) in [6, 6.07) is 10.3. The number of benzene rings is 2. The van der Waals surface area contributed by atoms with Crippen LogP contribution >= 0.6 is 0 Å². The Morgan fingerprint density at radius 2 is 1.44 bits per heavy atom. The first-order valence-corrected chi connectivity index (χ1v) is 16.5. The van der Waals surface area contributed by atoms with Crippen molar-refractivity contribution < 1.29 is 38.0 Å². The molecule has 1 atom stereocenters. The van der Waals surface area contributed by atoms with Gasteiger partial charge in [0.1, 0.15) is 0 Å². The molecule has 13 heteroatoms. The Balaban J connectivity index is 1.34. The second kappa shape index (κ2) is 16.0. The van der Waals surface area contributed by atoms with E-state index >= 15 is 0 Å². The molecule has 0 bridgehead atoms. The molecular formula is C37H46N4O9. The van der Waals surface area contributed by atoms with E-state index in [9.17, 15) is 14.4 Å². The van der Waals surface area contributed by atoms with Crippen molar-refractivity contribution in [1.82, 2.24) is 15.1 Å². The second-order valence-corrected chi connectivity index (χ2v) is 12.1. The molecule has 1 fully saturated rings. The highest BCUT2D eigenvalue weighted by atomic mass is 16.5. The van der Waals surface area contributed by atoms with Crippen molar-refractivity contribution in [3.05, 3.63) is 63.3 Å². The molecule has 13 nitrogen and oxygen atoms in total. The lowest BCUT2D eigenvalue weighted by Gasteiger charge is -2.35. The Hall–Kier alpha value is -5.17. The quantitative estimate of drug-likeness (QED) is 0.288. The van der Waals surface area contributed by atoms with Gasteiger partial charge < -0.3 is 44.0 Å². The van der Waals surface area contributed by atoms with Gasteiger partial charge in [0.15, 0.2) is 23.0 Å². The number of fused-ring (bicyclic) bond motifs is 3. The van der Waals surface area contributed by atoms with Crippen molar-refractivity contribution >= 4 is 17.5 Å². The summed E-state index contributed by atoms with van der Waals surface area (Å²) >= 11 is 0. The van der Waals surface area contributed by atoms with E-state index in [0.717, 1.165) is 16.7 Å². The standard InChI is InChI=1S/C37H46N4O9/c1-22(42)39-27-11-8-23-18-31(46-3)36(49-6)37(50-7)33(23)25-10-12-28(29(43)19-26(25)27)38-20-32(44)41-16-14-40(15-17-41)21-24-9-13-30(45-2)35(48-5)34(24)47-4/h9-10,12-13,18-19,27H,8,11,14-17,20-21H2,1-7H3,(H,38,43)(H,39,42). The van der Waals surface area contributed by atoms with Gasteiger partial charge in [-0.2, -0.15) is 0 Å². The molecule has 268 valence electrons. The Bertz CT molecular complexity index is 1790. The minimum Gasteiger partial charge on any atom is -0.493 e. The molecule has 0 aromatic heterocycles. The first kappa shape index (κ1) is 36.1.